The van der Waals surface area contributed by atoms with Gasteiger partial charge in [-0.25, -0.2) is 4.79 Å². The van der Waals surface area contributed by atoms with E-state index in [0.717, 1.165) is 11.1 Å². The number of esters is 1. The van der Waals surface area contributed by atoms with Crippen molar-refractivity contribution in [2.24, 2.45) is 0 Å². The number of rotatable bonds is 2. The van der Waals surface area contributed by atoms with Gasteiger partial charge in [0.05, 0.1) is 20.3 Å². The topological polar surface area (TPSA) is 55.8 Å². The number of methoxy groups -OCH3 is 1. The summed E-state index contributed by atoms with van der Waals surface area (Å²) in [6, 6.07) is 5.74. The van der Waals surface area contributed by atoms with Crippen LogP contribution < -0.4 is 0 Å². The molecule has 1 amide bonds. The van der Waals surface area contributed by atoms with Gasteiger partial charge in [-0.2, -0.15) is 0 Å². The molecule has 1 aromatic carbocycles. The van der Waals surface area contributed by atoms with Gasteiger partial charge < -0.3 is 14.4 Å². The van der Waals surface area contributed by atoms with Crippen LogP contribution in [0.2, 0.25) is 0 Å². The highest BCUT2D eigenvalue weighted by Crippen LogP contribution is 2.14. The summed E-state index contributed by atoms with van der Waals surface area (Å²) in [5.74, 6) is -0.517. The number of aryl methyl sites for hydroxylation is 2. The third-order valence-electron chi connectivity index (χ3n) is 3.29. The molecule has 1 unspecified atom stereocenters. The Bertz CT molecular complexity index is 506. The van der Waals surface area contributed by atoms with Crippen molar-refractivity contribution in [3.05, 3.63) is 34.9 Å². The number of morpholine rings is 1. The summed E-state index contributed by atoms with van der Waals surface area (Å²) in [6.07, 6.45) is -0.691. The number of carbonyl (C=O) groups excluding carboxylic acids is 2. The second-order valence-corrected chi connectivity index (χ2v) is 5.01. The van der Waals surface area contributed by atoms with Crippen LogP contribution in [-0.2, 0) is 14.3 Å². The molecule has 0 N–H and O–H groups in total. The minimum Gasteiger partial charge on any atom is -0.467 e. The summed E-state index contributed by atoms with van der Waals surface area (Å²) in [4.78, 5) is 25.6. The van der Waals surface area contributed by atoms with Crippen molar-refractivity contribution in [1.82, 2.24) is 4.90 Å². The second-order valence-electron chi connectivity index (χ2n) is 5.01. The van der Waals surface area contributed by atoms with Crippen molar-refractivity contribution in [3.63, 3.8) is 0 Å². The summed E-state index contributed by atoms with van der Waals surface area (Å²) in [6.45, 7) is 4.98. The van der Waals surface area contributed by atoms with Crippen LogP contribution in [0.25, 0.3) is 0 Å². The summed E-state index contributed by atoms with van der Waals surface area (Å²) >= 11 is 0. The summed E-state index contributed by atoms with van der Waals surface area (Å²) in [5, 5.41) is 0. The van der Waals surface area contributed by atoms with E-state index in [4.69, 9.17) is 4.74 Å². The molecule has 1 atom stereocenters. The average Bonchev–Trinajstić information content (AvgIpc) is 2.44. The minimum atomic E-state index is -0.691. The Morgan fingerprint density at radius 1 is 1.25 bits per heavy atom. The Morgan fingerprint density at radius 3 is 2.50 bits per heavy atom. The van der Waals surface area contributed by atoms with Crippen molar-refractivity contribution >= 4 is 11.9 Å². The van der Waals surface area contributed by atoms with Crippen molar-refractivity contribution < 1.29 is 19.1 Å². The molecule has 20 heavy (non-hydrogen) atoms. The Balaban J connectivity index is 2.14. The fourth-order valence-electron chi connectivity index (χ4n) is 2.39. The Morgan fingerprint density at radius 2 is 1.90 bits per heavy atom. The van der Waals surface area contributed by atoms with Crippen LogP contribution >= 0.6 is 0 Å². The van der Waals surface area contributed by atoms with Gasteiger partial charge in [-0.3, -0.25) is 4.79 Å². The maximum Gasteiger partial charge on any atom is 0.336 e. The van der Waals surface area contributed by atoms with E-state index in [1.54, 1.807) is 4.90 Å². The molecule has 0 saturated carbocycles. The van der Waals surface area contributed by atoms with Gasteiger partial charge in [0.2, 0.25) is 0 Å². The van der Waals surface area contributed by atoms with Gasteiger partial charge in [-0.1, -0.05) is 17.2 Å². The van der Waals surface area contributed by atoms with Crippen molar-refractivity contribution in [1.29, 1.82) is 0 Å². The van der Waals surface area contributed by atoms with Crippen LogP contribution in [-0.4, -0.2) is 49.7 Å². The zero-order valence-corrected chi connectivity index (χ0v) is 12.0. The van der Waals surface area contributed by atoms with E-state index in [0.29, 0.717) is 18.7 Å². The van der Waals surface area contributed by atoms with Crippen LogP contribution in [0, 0.1) is 13.8 Å². The Hall–Kier alpha value is -1.88. The molecule has 1 saturated heterocycles. The third kappa shape index (κ3) is 3.17. The SMILES string of the molecule is COC(=O)C1CN(C(=O)c2cc(C)cc(C)c2)CCO1. The van der Waals surface area contributed by atoms with Crippen LogP contribution in [0.3, 0.4) is 0 Å². The zero-order chi connectivity index (χ0) is 14.7. The van der Waals surface area contributed by atoms with Gasteiger partial charge in [0, 0.05) is 12.1 Å². The lowest BCUT2D eigenvalue weighted by molar-refractivity contribution is -0.158. The standard InChI is InChI=1S/C15H19NO4/c1-10-6-11(2)8-12(7-10)14(17)16-4-5-20-13(9-16)15(18)19-3/h6-8,13H,4-5,9H2,1-3H3. The summed E-state index contributed by atoms with van der Waals surface area (Å²) < 4.78 is 9.99. The smallest absolute Gasteiger partial charge is 0.336 e. The Labute approximate surface area is 118 Å². The first kappa shape index (κ1) is 14.5. The molecule has 0 aliphatic carbocycles. The molecule has 5 nitrogen and oxygen atoms in total. The highest BCUT2D eigenvalue weighted by molar-refractivity contribution is 5.95. The van der Waals surface area contributed by atoms with Gasteiger partial charge in [-0.15, -0.1) is 0 Å². The fraction of sp³-hybridized carbons (Fsp3) is 0.467. The molecule has 5 heteroatoms. The van der Waals surface area contributed by atoms with Crippen LogP contribution in [0.5, 0.6) is 0 Å². The number of carbonyl (C=O) groups is 2. The van der Waals surface area contributed by atoms with E-state index >= 15 is 0 Å². The highest BCUT2D eigenvalue weighted by Gasteiger charge is 2.30. The molecule has 1 aliphatic rings. The molecule has 1 aromatic rings. The van der Waals surface area contributed by atoms with E-state index in [2.05, 4.69) is 4.74 Å². The number of hydrogen-bond donors (Lipinski definition) is 0. The van der Waals surface area contributed by atoms with Gasteiger partial charge in [0.25, 0.3) is 5.91 Å². The van der Waals surface area contributed by atoms with E-state index in [9.17, 15) is 9.59 Å². The first-order valence-electron chi connectivity index (χ1n) is 6.58. The van der Waals surface area contributed by atoms with E-state index in [1.165, 1.54) is 7.11 Å². The normalized spacial score (nSPS) is 18.8. The van der Waals surface area contributed by atoms with Gasteiger partial charge in [0.1, 0.15) is 0 Å². The molecule has 1 heterocycles. The fourth-order valence-corrected chi connectivity index (χ4v) is 2.39. The molecular weight excluding hydrogens is 258 g/mol. The number of hydrogen-bond acceptors (Lipinski definition) is 4. The third-order valence-corrected chi connectivity index (χ3v) is 3.29. The molecule has 1 aliphatic heterocycles. The number of benzene rings is 1. The van der Waals surface area contributed by atoms with E-state index in [-0.39, 0.29) is 12.5 Å². The first-order chi connectivity index (χ1) is 9.51. The number of ether oxygens (including phenoxy) is 2. The first-order valence-corrected chi connectivity index (χ1v) is 6.58. The molecule has 0 bridgehead atoms. The maximum absolute atomic E-state index is 12.5. The number of nitrogens with zero attached hydrogens (tertiary/aromatic N) is 1. The molecule has 1 fully saturated rings. The summed E-state index contributed by atoms with van der Waals surface area (Å²) in [7, 11) is 1.32. The van der Waals surface area contributed by atoms with Gasteiger partial charge >= 0.3 is 5.97 Å². The predicted octanol–water partition coefficient (Wildman–Crippen LogP) is 1.32. The van der Waals surface area contributed by atoms with Crippen molar-refractivity contribution in [3.8, 4) is 0 Å². The van der Waals surface area contributed by atoms with Crippen molar-refractivity contribution in [2.75, 3.05) is 26.8 Å². The van der Waals surface area contributed by atoms with E-state index in [1.807, 2.05) is 32.0 Å². The lowest BCUT2D eigenvalue weighted by atomic mass is 10.1. The van der Waals surface area contributed by atoms with Gasteiger partial charge in [-0.05, 0) is 26.0 Å². The predicted molar refractivity (Wildman–Crippen MR) is 73.6 cm³/mol. The molecule has 0 radical (unpaired) electrons. The average molecular weight is 277 g/mol. The van der Waals surface area contributed by atoms with Crippen LogP contribution in [0.4, 0.5) is 0 Å². The molecular formula is C15H19NO4. The summed E-state index contributed by atoms with van der Waals surface area (Å²) in [5.41, 5.74) is 2.74. The molecule has 0 spiro atoms. The van der Waals surface area contributed by atoms with Crippen LogP contribution in [0.1, 0.15) is 21.5 Å². The quantitative estimate of drug-likeness (QED) is 0.765. The lowest BCUT2D eigenvalue weighted by Crippen LogP contribution is -2.48. The van der Waals surface area contributed by atoms with Crippen molar-refractivity contribution in [2.45, 2.75) is 20.0 Å². The van der Waals surface area contributed by atoms with E-state index < -0.39 is 12.1 Å². The zero-order valence-electron chi connectivity index (χ0n) is 12.0. The Kier molecular flexibility index (Phi) is 4.39. The minimum absolute atomic E-state index is 0.0750. The maximum atomic E-state index is 12.5. The largest absolute Gasteiger partial charge is 0.467 e. The highest BCUT2D eigenvalue weighted by atomic mass is 16.6. The lowest BCUT2D eigenvalue weighted by Gasteiger charge is -2.31. The second kappa shape index (κ2) is 6.05. The molecule has 108 valence electrons. The van der Waals surface area contributed by atoms with Gasteiger partial charge in [0.15, 0.2) is 6.10 Å². The van der Waals surface area contributed by atoms with Crippen LogP contribution in [0.15, 0.2) is 18.2 Å². The molecule has 0 aromatic heterocycles. The number of amides is 1. The molecule has 2 rings (SSSR count). The monoisotopic (exact) mass is 277 g/mol.